The van der Waals surface area contributed by atoms with Crippen molar-refractivity contribution in [3.63, 3.8) is 0 Å². The van der Waals surface area contributed by atoms with Gasteiger partial charge in [0.2, 0.25) is 0 Å². The van der Waals surface area contributed by atoms with E-state index in [-0.39, 0.29) is 0 Å². The Morgan fingerprint density at radius 2 is 1.90 bits per heavy atom. The summed E-state index contributed by atoms with van der Waals surface area (Å²) in [4.78, 5) is 2.75. The molecule has 0 bridgehead atoms. The van der Waals surface area contributed by atoms with Gasteiger partial charge in [0, 0.05) is 24.7 Å². The van der Waals surface area contributed by atoms with Gasteiger partial charge in [-0.05, 0) is 45.6 Å². The molecule has 3 aliphatic rings. The number of nitrogens with one attached hydrogen (secondary N) is 1. The number of ether oxygens (including phenoxy) is 1. The van der Waals surface area contributed by atoms with Crippen LogP contribution in [0.25, 0.3) is 0 Å². The largest absolute Gasteiger partial charge is 0.379 e. The molecule has 2 fully saturated rings. The van der Waals surface area contributed by atoms with Crippen molar-refractivity contribution < 1.29 is 4.74 Å². The quantitative estimate of drug-likeness (QED) is 0.800. The number of nitrogens with zero attached hydrogens (tertiary/aromatic N) is 1. The minimum atomic E-state index is 0.363. The molecule has 0 aromatic rings. The van der Waals surface area contributed by atoms with Crippen molar-refractivity contribution in [3.05, 3.63) is 11.6 Å². The van der Waals surface area contributed by atoms with E-state index in [2.05, 4.69) is 23.3 Å². The molecule has 0 aromatic carbocycles. The lowest BCUT2D eigenvalue weighted by Crippen LogP contribution is -2.62. The van der Waals surface area contributed by atoms with Gasteiger partial charge < -0.3 is 10.1 Å². The fourth-order valence-electron chi connectivity index (χ4n) is 4.71. The minimum absolute atomic E-state index is 0.363. The maximum atomic E-state index is 5.59. The highest BCUT2D eigenvalue weighted by atomic mass is 16.5. The Balaban J connectivity index is 1.85. The van der Waals surface area contributed by atoms with Crippen molar-refractivity contribution >= 4 is 0 Å². The molecule has 0 spiro atoms. The summed E-state index contributed by atoms with van der Waals surface area (Å²) >= 11 is 0. The summed E-state index contributed by atoms with van der Waals surface area (Å²) in [5, 5.41) is 3.70. The number of rotatable bonds is 4. The van der Waals surface area contributed by atoms with Crippen molar-refractivity contribution in [2.45, 2.75) is 62.9 Å². The highest BCUT2D eigenvalue weighted by Gasteiger charge is 2.46. The second-order valence-electron chi connectivity index (χ2n) is 6.66. The van der Waals surface area contributed by atoms with Crippen molar-refractivity contribution in [3.8, 4) is 0 Å². The molecule has 20 heavy (non-hydrogen) atoms. The van der Waals surface area contributed by atoms with E-state index >= 15 is 0 Å². The zero-order chi connectivity index (χ0) is 13.8. The van der Waals surface area contributed by atoms with Crippen LogP contribution in [0.1, 0.15) is 51.4 Å². The summed E-state index contributed by atoms with van der Waals surface area (Å²) in [6.45, 7) is 4.06. The zero-order valence-electron chi connectivity index (χ0n) is 13.0. The molecule has 1 saturated carbocycles. The van der Waals surface area contributed by atoms with Crippen LogP contribution in [0.3, 0.4) is 0 Å². The highest BCUT2D eigenvalue weighted by Crippen LogP contribution is 2.42. The Labute approximate surface area is 123 Å². The third-order valence-corrected chi connectivity index (χ3v) is 5.63. The SMILES string of the molecule is CNC(C1=CCCCC1)C1(N2CCOCC2)CCCC1. The Morgan fingerprint density at radius 3 is 2.50 bits per heavy atom. The Bertz CT molecular complexity index is 341. The second-order valence-corrected chi connectivity index (χ2v) is 6.66. The topological polar surface area (TPSA) is 24.5 Å². The van der Waals surface area contributed by atoms with E-state index < -0.39 is 0 Å². The fraction of sp³-hybridized carbons (Fsp3) is 0.882. The van der Waals surface area contributed by atoms with Gasteiger partial charge in [-0.25, -0.2) is 0 Å². The van der Waals surface area contributed by atoms with Gasteiger partial charge in [-0.15, -0.1) is 0 Å². The van der Waals surface area contributed by atoms with Crippen LogP contribution in [0.2, 0.25) is 0 Å². The standard InChI is InChI=1S/C17H30N2O/c1-18-16(15-7-3-2-4-8-15)17(9-5-6-10-17)19-11-13-20-14-12-19/h7,16,18H,2-6,8-14H2,1H3. The van der Waals surface area contributed by atoms with Gasteiger partial charge in [-0.2, -0.15) is 0 Å². The molecule has 1 atom stereocenters. The first-order valence-corrected chi connectivity index (χ1v) is 8.56. The first-order valence-electron chi connectivity index (χ1n) is 8.56. The van der Waals surface area contributed by atoms with Crippen LogP contribution in [-0.4, -0.2) is 49.8 Å². The molecule has 1 aliphatic heterocycles. The van der Waals surface area contributed by atoms with Crippen LogP contribution in [0.15, 0.2) is 11.6 Å². The van der Waals surface area contributed by atoms with Gasteiger partial charge in [0.25, 0.3) is 0 Å². The zero-order valence-corrected chi connectivity index (χ0v) is 13.0. The third kappa shape index (κ3) is 2.68. The molecular weight excluding hydrogens is 248 g/mol. The minimum Gasteiger partial charge on any atom is -0.379 e. The lowest BCUT2D eigenvalue weighted by molar-refractivity contribution is -0.0305. The number of hydrogen-bond acceptors (Lipinski definition) is 3. The molecule has 2 aliphatic carbocycles. The molecule has 3 heteroatoms. The molecule has 1 heterocycles. The van der Waals surface area contributed by atoms with Crippen molar-refractivity contribution in [2.24, 2.45) is 0 Å². The van der Waals surface area contributed by atoms with Crippen LogP contribution in [-0.2, 0) is 4.74 Å². The molecule has 114 valence electrons. The summed E-state index contributed by atoms with van der Waals surface area (Å²) in [5.41, 5.74) is 2.05. The third-order valence-electron chi connectivity index (χ3n) is 5.63. The van der Waals surface area contributed by atoms with E-state index in [9.17, 15) is 0 Å². The normalized spacial score (nSPS) is 29.1. The first-order chi connectivity index (χ1) is 9.87. The van der Waals surface area contributed by atoms with Crippen molar-refractivity contribution in [1.82, 2.24) is 10.2 Å². The number of hydrogen-bond donors (Lipinski definition) is 1. The molecule has 1 saturated heterocycles. The smallest absolute Gasteiger partial charge is 0.0594 e. The Morgan fingerprint density at radius 1 is 1.15 bits per heavy atom. The van der Waals surface area contributed by atoms with E-state index in [1.165, 1.54) is 51.4 Å². The van der Waals surface area contributed by atoms with E-state index in [1.54, 1.807) is 5.57 Å². The van der Waals surface area contributed by atoms with Crippen molar-refractivity contribution in [2.75, 3.05) is 33.4 Å². The van der Waals surface area contributed by atoms with Gasteiger partial charge in [0.1, 0.15) is 0 Å². The molecular formula is C17H30N2O. The van der Waals surface area contributed by atoms with Crippen molar-refractivity contribution in [1.29, 1.82) is 0 Å². The summed E-state index contributed by atoms with van der Waals surface area (Å²) in [7, 11) is 2.17. The summed E-state index contributed by atoms with van der Waals surface area (Å²) in [6.07, 6.45) is 13.4. The maximum Gasteiger partial charge on any atom is 0.0594 e. The van der Waals surface area contributed by atoms with Crippen LogP contribution < -0.4 is 5.32 Å². The van der Waals surface area contributed by atoms with Gasteiger partial charge in [-0.3, -0.25) is 4.90 Å². The average Bonchev–Trinajstić information content (AvgIpc) is 3.01. The van der Waals surface area contributed by atoms with Crippen LogP contribution >= 0.6 is 0 Å². The van der Waals surface area contributed by atoms with Crippen LogP contribution in [0.5, 0.6) is 0 Å². The lowest BCUT2D eigenvalue weighted by atomic mass is 9.78. The van der Waals surface area contributed by atoms with Gasteiger partial charge in [0.05, 0.1) is 13.2 Å². The number of likely N-dealkylation sites (N-methyl/N-ethyl adjacent to an activating group) is 1. The summed E-state index contributed by atoms with van der Waals surface area (Å²) in [5.74, 6) is 0. The summed E-state index contributed by atoms with van der Waals surface area (Å²) in [6, 6.07) is 0.559. The second kappa shape index (κ2) is 6.59. The fourth-order valence-corrected chi connectivity index (χ4v) is 4.71. The molecule has 1 N–H and O–H groups in total. The molecule has 0 amide bonds. The number of allylic oxidation sites excluding steroid dienone is 1. The van der Waals surface area contributed by atoms with Gasteiger partial charge in [0.15, 0.2) is 0 Å². The van der Waals surface area contributed by atoms with Gasteiger partial charge in [-0.1, -0.05) is 24.5 Å². The molecule has 3 nitrogen and oxygen atoms in total. The van der Waals surface area contributed by atoms with E-state index in [1.807, 2.05) is 0 Å². The Hall–Kier alpha value is -0.380. The average molecular weight is 278 g/mol. The predicted molar refractivity (Wildman–Crippen MR) is 83.0 cm³/mol. The maximum absolute atomic E-state index is 5.59. The number of morpholine rings is 1. The molecule has 0 radical (unpaired) electrons. The lowest BCUT2D eigenvalue weighted by Gasteiger charge is -2.49. The monoisotopic (exact) mass is 278 g/mol. The van der Waals surface area contributed by atoms with Crippen LogP contribution in [0.4, 0.5) is 0 Å². The van der Waals surface area contributed by atoms with Gasteiger partial charge >= 0.3 is 0 Å². The van der Waals surface area contributed by atoms with E-state index in [0.29, 0.717) is 11.6 Å². The van der Waals surface area contributed by atoms with Crippen LogP contribution in [0, 0.1) is 0 Å². The Kier molecular flexibility index (Phi) is 4.79. The molecule has 3 rings (SSSR count). The summed E-state index contributed by atoms with van der Waals surface area (Å²) < 4.78 is 5.59. The van der Waals surface area contributed by atoms with E-state index in [4.69, 9.17) is 4.74 Å². The molecule has 1 unspecified atom stereocenters. The molecule has 0 aromatic heterocycles. The first kappa shape index (κ1) is 14.6. The highest BCUT2D eigenvalue weighted by molar-refractivity contribution is 5.22. The van der Waals surface area contributed by atoms with E-state index in [0.717, 1.165) is 26.3 Å². The predicted octanol–water partition coefficient (Wildman–Crippen LogP) is 2.72.